The van der Waals surface area contributed by atoms with Gasteiger partial charge in [-0.15, -0.1) is 0 Å². The van der Waals surface area contributed by atoms with Gasteiger partial charge in [-0.05, 0) is 32.4 Å². The topological polar surface area (TPSA) is 90.3 Å². The zero-order valence-corrected chi connectivity index (χ0v) is 14.3. The third-order valence-electron chi connectivity index (χ3n) is 3.47. The highest BCUT2D eigenvalue weighted by Gasteiger charge is 2.15. The summed E-state index contributed by atoms with van der Waals surface area (Å²) < 4.78 is 6.36. The predicted octanol–water partition coefficient (Wildman–Crippen LogP) is 1.61. The highest BCUT2D eigenvalue weighted by Crippen LogP contribution is 2.07. The van der Waals surface area contributed by atoms with Crippen LogP contribution in [0.3, 0.4) is 0 Å². The fourth-order valence-electron chi connectivity index (χ4n) is 2.29. The van der Waals surface area contributed by atoms with Crippen LogP contribution in [0.15, 0.2) is 41.2 Å². The molecule has 0 aliphatic carbocycles. The number of nitrogens with zero attached hydrogens (tertiary/aromatic N) is 2. The number of hydrogen-bond acceptors (Lipinski definition) is 5. The molecule has 1 aromatic carbocycles. The molecule has 0 unspecified atom stereocenters. The van der Waals surface area contributed by atoms with E-state index in [2.05, 4.69) is 10.4 Å². The standard InChI is InChI=1S/C18H21N3O4/c1-3-25-16(23)10-7-11-19-18(24)17-15(22)12-13(2)21(20-17)14-8-5-4-6-9-14/h4-6,8-9,12H,3,7,10-11H2,1-2H3,(H,19,24). The fraction of sp³-hybridized carbons (Fsp3) is 0.333. The molecule has 7 heteroatoms. The summed E-state index contributed by atoms with van der Waals surface area (Å²) in [4.78, 5) is 35.6. The van der Waals surface area contributed by atoms with Gasteiger partial charge in [0.05, 0.1) is 12.3 Å². The Bertz CT molecular complexity index is 800. The number of aromatic nitrogens is 2. The summed E-state index contributed by atoms with van der Waals surface area (Å²) in [7, 11) is 0. The van der Waals surface area contributed by atoms with E-state index in [0.717, 1.165) is 5.69 Å². The monoisotopic (exact) mass is 343 g/mol. The van der Waals surface area contributed by atoms with Crippen molar-refractivity contribution in [1.29, 1.82) is 0 Å². The number of carbonyl (C=O) groups is 2. The van der Waals surface area contributed by atoms with Crippen LogP contribution in [-0.4, -0.2) is 34.8 Å². The predicted molar refractivity (Wildman–Crippen MR) is 92.8 cm³/mol. The fourth-order valence-corrected chi connectivity index (χ4v) is 2.29. The maximum Gasteiger partial charge on any atom is 0.305 e. The number of carbonyl (C=O) groups excluding carboxylic acids is 2. The van der Waals surface area contributed by atoms with Gasteiger partial charge in [-0.25, -0.2) is 4.68 Å². The lowest BCUT2D eigenvalue weighted by molar-refractivity contribution is -0.143. The number of amides is 1. The molecule has 0 saturated heterocycles. The molecule has 0 atom stereocenters. The van der Waals surface area contributed by atoms with Crippen LogP contribution >= 0.6 is 0 Å². The lowest BCUT2D eigenvalue weighted by Crippen LogP contribution is -2.32. The van der Waals surface area contributed by atoms with Crippen LogP contribution < -0.4 is 10.7 Å². The molecule has 0 saturated carbocycles. The molecule has 0 radical (unpaired) electrons. The van der Waals surface area contributed by atoms with Crippen molar-refractivity contribution in [3.05, 3.63) is 58.0 Å². The minimum Gasteiger partial charge on any atom is -0.466 e. The normalized spacial score (nSPS) is 10.3. The maximum absolute atomic E-state index is 12.2. The number of benzene rings is 1. The summed E-state index contributed by atoms with van der Waals surface area (Å²) in [5.74, 6) is -0.866. The Morgan fingerprint density at radius 1 is 1.24 bits per heavy atom. The number of ether oxygens (including phenoxy) is 1. The number of nitrogens with one attached hydrogen (secondary N) is 1. The van der Waals surface area contributed by atoms with Crippen molar-refractivity contribution in [3.8, 4) is 5.69 Å². The minimum atomic E-state index is -0.557. The maximum atomic E-state index is 12.2. The van der Waals surface area contributed by atoms with E-state index < -0.39 is 11.3 Å². The Kier molecular flexibility index (Phi) is 6.45. The van der Waals surface area contributed by atoms with Crippen molar-refractivity contribution < 1.29 is 14.3 Å². The zero-order chi connectivity index (χ0) is 18.2. The van der Waals surface area contributed by atoms with Crippen LogP contribution in [0.4, 0.5) is 0 Å². The summed E-state index contributed by atoms with van der Waals surface area (Å²) in [6.07, 6.45) is 0.646. The smallest absolute Gasteiger partial charge is 0.305 e. The summed E-state index contributed by atoms with van der Waals surface area (Å²) in [6.45, 7) is 4.08. The first-order chi connectivity index (χ1) is 12.0. The molecular formula is C18H21N3O4. The van der Waals surface area contributed by atoms with Gasteiger partial charge in [-0.1, -0.05) is 18.2 Å². The second kappa shape index (κ2) is 8.77. The van der Waals surface area contributed by atoms with Crippen LogP contribution in [0.1, 0.15) is 35.9 Å². The van der Waals surface area contributed by atoms with Gasteiger partial charge in [-0.3, -0.25) is 14.4 Å². The number of esters is 1. The third-order valence-corrected chi connectivity index (χ3v) is 3.47. The molecule has 0 bridgehead atoms. The Morgan fingerprint density at radius 3 is 2.64 bits per heavy atom. The van der Waals surface area contributed by atoms with Crippen molar-refractivity contribution >= 4 is 11.9 Å². The number of aryl methyl sites for hydroxylation is 1. The Labute approximate surface area is 145 Å². The number of rotatable bonds is 7. The van der Waals surface area contributed by atoms with E-state index in [0.29, 0.717) is 18.7 Å². The Hall–Kier alpha value is -2.96. The first-order valence-corrected chi connectivity index (χ1v) is 8.13. The largest absolute Gasteiger partial charge is 0.466 e. The van der Waals surface area contributed by atoms with Crippen molar-refractivity contribution in [2.75, 3.05) is 13.2 Å². The average molecular weight is 343 g/mol. The summed E-state index contributed by atoms with van der Waals surface area (Å²) in [5.41, 5.74) is 0.782. The van der Waals surface area contributed by atoms with E-state index in [1.807, 2.05) is 30.3 Å². The van der Waals surface area contributed by atoms with Gasteiger partial charge in [0, 0.05) is 24.7 Å². The minimum absolute atomic E-state index is 0.175. The van der Waals surface area contributed by atoms with Gasteiger partial charge in [0.2, 0.25) is 5.43 Å². The molecular weight excluding hydrogens is 322 g/mol. The van der Waals surface area contributed by atoms with Gasteiger partial charge in [0.25, 0.3) is 5.91 Å². The summed E-state index contributed by atoms with van der Waals surface area (Å²) >= 11 is 0. The highest BCUT2D eigenvalue weighted by molar-refractivity contribution is 5.92. The lowest BCUT2D eigenvalue weighted by atomic mass is 10.2. The summed E-state index contributed by atoms with van der Waals surface area (Å²) in [6, 6.07) is 10.6. The van der Waals surface area contributed by atoms with Crippen LogP contribution in [0.25, 0.3) is 5.69 Å². The Balaban J connectivity index is 2.07. The molecule has 0 aliphatic heterocycles. The van der Waals surface area contributed by atoms with Crippen LogP contribution in [-0.2, 0) is 9.53 Å². The van der Waals surface area contributed by atoms with Gasteiger partial charge in [0.15, 0.2) is 5.69 Å². The zero-order valence-electron chi connectivity index (χ0n) is 14.3. The molecule has 7 nitrogen and oxygen atoms in total. The van der Waals surface area contributed by atoms with Crippen molar-refractivity contribution in [2.24, 2.45) is 0 Å². The molecule has 132 valence electrons. The average Bonchev–Trinajstić information content (AvgIpc) is 2.59. The van der Waals surface area contributed by atoms with Crippen LogP contribution in [0.5, 0.6) is 0 Å². The van der Waals surface area contributed by atoms with Gasteiger partial charge >= 0.3 is 5.97 Å². The molecule has 0 spiro atoms. The molecule has 1 N–H and O–H groups in total. The van der Waals surface area contributed by atoms with Crippen molar-refractivity contribution in [2.45, 2.75) is 26.7 Å². The van der Waals surface area contributed by atoms with E-state index >= 15 is 0 Å². The number of hydrogen-bond donors (Lipinski definition) is 1. The van der Waals surface area contributed by atoms with Gasteiger partial charge < -0.3 is 10.1 Å². The third kappa shape index (κ3) is 5.00. The lowest BCUT2D eigenvalue weighted by Gasteiger charge is -2.11. The second-order valence-electron chi connectivity index (χ2n) is 5.41. The van der Waals surface area contributed by atoms with Crippen LogP contribution in [0.2, 0.25) is 0 Å². The SMILES string of the molecule is CCOC(=O)CCCNC(=O)c1nn(-c2ccccc2)c(C)cc1=O. The first-order valence-electron chi connectivity index (χ1n) is 8.13. The molecule has 25 heavy (non-hydrogen) atoms. The quantitative estimate of drug-likeness (QED) is 0.609. The molecule has 1 aromatic heterocycles. The van der Waals surface area contributed by atoms with E-state index in [-0.39, 0.29) is 24.6 Å². The van der Waals surface area contributed by atoms with Crippen molar-refractivity contribution in [1.82, 2.24) is 15.1 Å². The van der Waals surface area contributed by atoms with Crippen molar-refractivity contribution in [3.63, 3.8) is 0 Å². The van der Waals surface area contributed by atoms with E-state index in [4.69, 9.17) is 4.74 Å². The first kappa shape index (κ1) is 18.4. The highest BCUT2D eigenvalue weighted by atomic mass is 16.5. The van der Waals surface area contributed by atoms with E-state index in [1.165, 1.54) is 6.07 Å². The van der Waals surface area contributed by atoms with Crippen LogP contribution in [0, 0.1) is 6.92 Å². The molecule has 0 aliphatic rings. The Morgan fingerprint density at radius 2 is 1.96 bits per heavy atom. The van der Waals surface area contributed by atoms with E-state index in [9.17, 15) is 14.4 Å². The summed E-state index contributed by atoms with van der Waals surface area (Å²) in [5, 5.41) is 6.80. The van der Waals surface area contributed by atoms with Gasteiger partial charge in [-0.2, -0.15) is 5.10 Å². The molecule has 0 fully saturated rings. The second-order valence-corrected chi connectivity index (χ2v) is 5.41. The molecule has 2 aromatic rings. The number of para-hydroxylation sites is 1. The molecule has 2 rings (SSSR count). The molecule has 1 heterocycles. The van der Waals surface area contributed by atoms with Gasteiger partial charge in [0.1, 0.15) is 0 Å². The molecule has 1 amide bonds. The van der Waals surface area contributed by atoms with E-state index in [1.54, 1.807) is 18.5 Å².